The van der Waals surface area contributed by atoms with Crippen LogP contribution >= 0.6 is 11.6 Å². The summed E-state index contributed by atoms with van der Waals surface area (Å²) in [5, 5.41) is 13.3. The first-order chi connectivity index (χ1) is 6.03. The highest BCUT2D eigenvalue weighted by Crippen LogP contribution is 2.19. The van der Waals surface area contributed by atoms with E-state index in [0.29, 0.717) is 5.15 Å². The van der Waals surface area contributed by atoms with Gasteiger partial charge in [0.25, 0.3) is 0 Å². The van der Waals surface area contributed by atoms with Crippen molar-refractivity contribution in [3.63, 3.8) is 0 Å². The Morgan fingerprint density at radius 2 is 2.38 bits per heavy atom. The molecule has 0 atom stereocenters. The molecule has 70 valence electrons. The van der Waals surface area contributed by atoms with Gasteiger partial charge in [-0.25, -0.2) is 0 Å². The molecule has 0 radical (unpaired) electrons. The smallest absolute Gasteiger partial charge is 0.151 e. The van der Waals surface area contributed by atoms with E-state index in [0.717, 1.165) is 13.0 Å². The molecule has 0 amide bonds. The third-order valence-electron chi connectivity index (χ3n) is 1.88. The van der Waals surface area contributed by atoms with Crippen molar-refractivity contribution in [2.75, 3.05) is 0 Å². The van der Waals surface area contributed by atoms with Gasteiger partial charge >= 0.3 is 0 Å². The highest BCUT2D eigenvalue weighted by molar-refractivity contribution is 6.29. The average Bonchev–Trinajstić information content (AvgIpc) is 2.48. The van der Waals surface area contributed by atoms with Crippen molar-refractivity contribution in [1.29, 1.82) is 5.26 Å². The van der Waals surface area contributed by atoms with Crippen LogP contribution in [-0.2, 0) is 6.54 Å². The van der Waals surface area contributed by atoms with Gasteiger partial charge in [0.2, 0.25) is 0 Å². The van der Waals surface area contributed by atoms with Crippen LogP contribution in [0.3, 0.4) is 0 Å². The number of nitriles is 1. The minimum Gasteiger partial charge on any atom is -0.271 e. The van der Waals surface area contributed by atoms with Gasteiger partial charge in [0, 0.05) is 12.7 Å². The highest BCUT2D eigenvalue weighted by atomic mass is 35.5. The van der Waals surface area contributed by atoms with Gasteiger partial charge in [-0.05, 0) is 26.3 Å². The molecule has 1 aromatic rings. The minimum absolute atomic E-state index is 0.293. The monoisotopic (exact) mass is 197 g/mol. The van der Waals surface area contributed by atoms with Gasteiger partial charge < -0.3 is 0 Å². The molecule has 0 spiro atoms. The zero-order valence-corrected chi connectivity index (χ0v) is 8.54. The zero-order chi connectivity index (χ0) is 9.90. The Balaban J connectivity index is 2.49. The van der Waals surface area contributed by atoms with Crippen molar-refractivity contribution in [3.8, 4) is 6.07 Å². The molecule has 0 saturated carbocycles. The van der Waals surface area contributed by atoms with E-state index < -0.39 is 0 Å². The minimum atomic E-state index is -0.293. The predicted octanol–water partition coefficient (Wildman–Crippen LogP) is 2.48. The van der Waals surface area contributed by atoms with Gasteiger partial charge in [-0.15, -0.1) is 0 Å². The van der Waals surface area contributed by atoms with Gasteiger partial charge in [0.05, 0.1) is 11.5 Å². The Labute approximate surface area is 82.9 Å². The standard InChI is InChI=1S/C9H12ClN3/c1-9(2,7-11)4-6-13-5-3-8(10)12-13/h3,5H,4,6H2,1-2H3. The van der Waals surface area contributed by atoms with E-state index in [-0.39, 0.29) is 5.41 Å². The Morgan fingerprint density at radius 3 is 2.85 bits per heavy atom. The molecule has 0 aliphatic rings. The number of hydrogen-bond acceptors (Lipinski definition) is 2. The summed E-state index contributed by atoms with van der Waals surface area (Å²) < 4.78 is 1.75. The van der Waals surface area contributed by atoms with E-state index in [4.69, 9.17) is 16.9 Å². The van der Waals surface area contributed by atoms with E-state index in [1.807, 2.05) is 20.0 Å². The van der Waals surface area contributed by atoms with Crippen molar-refractivity contribution < 1.29 is 0 Å². The molecule has 0 aliphatic carbocycles. The quantitative estimate of drug-likeness (QED) is 0.747. The SMILES string of the molecule is CC(C)(C#N)CCn1ccc(Cl)n1. The molecule has 0 unspecified atom stereocenters. The molecule has 1 heterocycles. The predicted molar refractivity (Wildman–Crippen MR) is 51.2 cm³/mol. The number of halogens is 1. The fourth-order valence-corrected chi connectivity index (χ4v) is 1.06. The van der Waals surface area contributed by atoms with E-state index in [2.05, 4.69) is 11.2 Å². The number of aromatic nitrogens is 2. The summed E-state index contributed by atoms with van der Waals surface area (Å²) in [5.74, 6) is 0. The Morgan fingerprint density at radius 1 is 1.69 bits per heavy atom. The molecule has 13 heavy (non-hydrogen) atoms. The van der Waals surface area contributed by atoms with Crippen LogP contribution in [0.5, 0.6) is 0 Å². The van der Waals surface area contributed by atoms with Crippen LogP contribution in [0.4, 0.5) is 0 Å². The van der Waals surface area contributed by atoms with E-state index in [1.54, 1.807) is 10.7 Å². The molecule has 0 N–H and O–H groups in total. The summed E-state index contributed by atoms with van der Waals surface area (Å²) in [5.41, 5.74) is -0.293. The summed E-state index contributed by atoms with van der Waals surface area (Å²) in [6, 6.07) is 3.98. The second kappa shape index (κ2) is 3.80. The Kier molecular flexibility index (Phi) is 2.94. The molecule has 0 saturated heterocycles. The molecule has 0 aromatic carbocycles. The van der Waals surface area contributed by atoms with Crippen LogP contribution in [0, 0.1) is 16.7 Å². The van der Waals surface area contributed by atoms with Crippen molar-refractivity contribution in [2.45, 2.75) is 26.8 Å². The Bertz CT molecular complexity index is 322. The van der Waals surface area contributed by atoms with Gasteiger partial charge in [-0.2, -0.15) is 10.4 Å². The number of nitrogens with zero attached hydrogens (tertiary/aromatic N) is 3. The topological polar surface area (TPSA) is 41.6 Å². The summed E-state index contributed by atoms with van der Waals surface area (Å²) in [6.45, 7) is 4.56. The lowest BCUT2D eigenvalue weighted by molar-refractivity contribution is 0.399. The van der Waals surface area contributed by atoms with Crippen LogP contribution in [0.2, 0.25) is 5.15 Å². The fraction of sp³-hybridized carbons (Fsp3) is 0.556. The first-order valence-corrected chi connectivity index (χ1v) is 4.51. The lowest BCUT2D eigenvalue weighted by Gasteiger charge is -2.14. The van der Waals surface area contributed by atoms with E-state index in [1.165, 1.54) is 0 Å². The molecule has 0 aliphatic heterocycles. The lowest BCUT2D eigenvalue weighted by Crippen LogP contribution is -2.12. The molecule has 1 aromatic heterocycles. The maximum absolute atomic E-state index is 8.77. The van der Waals surface area contributed by atoms with Crippen molar-refractivity contribution >= 4 is 11.6 Å². The number of aryl methyl sites for hydroxylation is 1. The summed E-state index contributed by atoms with van der Waals surface area (Å²) in [6.07, 6.45) is 2.59. The molecular weight excluding hydrogens is 186 g/mol. The maximum Gasteiger partial charge on any atom is 0.151 e. The molecule has 0 fully saturated rings. The van der Waals surface area contributed by atoms with Gasteiger partial charge in [0.15, 0.2) is 5.15 Å². The van der Waals surface area contributed by atoms with Crippen molar-refractivity contribution in [1.82, 2.24) is 9.78 Å². The number of hydrogen-bond donors (Lipinski definition) is 0. The molecule has 0 bridgehead atoms. The zero-order valence-electron chi connectivity index (χ0n) is 7.79. The summed E-state index contributed by atoms with van der Waals surface area (Å²) in [4.78, 5) is 0. The first kappa shape index (κ1) is 10.1. The molecular formula is C9H12ClN3. The normalized spacial score (nSPS) is 11.2. The second-order valence-corrected chi connectivity index (χ2v) is 4.03. The lowest BCUT2D eigenvalue weighted by atomic mass is 9.92. The van der Waals surface area contributed by atoms with Crippen molar-refractivity contribution in [2.24, 2.45) is 5.41 Å². The number of rotatable bonds is 3. The summed E-state index contributed by atoms with van der Waals surface area (Å²) in [7, 11) is 0. The molecule has 3 nitrogen and oxygen atoms in total. The van der Waals surface area contributed by atoms with E-state index >= 15 is 0 Å². The Hall–Kier alpha value is -1.01. The van der Waals surface area contributed by atoms with Crippen LogP contribution < -0.4 is 0 Å². The van der Waals surface area contributed by atoms with Gasteiger partial charge in [-0.1, -0.05) is 11.6 Å². The van der Waals surface area contributed by atoms with Crippen LogP contribution in [-0.4, -0.2) is 9.78 Å². The second-order valence-electron chi connectivity index (χ2n) is 3.65. The van der Waals surface area contributed by atoms with Gasteiger partial charge in [0.1, 0.15) is 0 Å². The third kappa shape index (κ3) is 3.08. The van der Waals surface area contributed by atoms with Crippen LogP contribution in [0.25, 0.3) is 0 Å². The molecule has 4 heteroatoms. The van der Waals surface area contributed by atoms with Crippen LogP contribution in [0.1, 0.15) is 20.3 Å². The largest absolute Gasteiger partial charge is 0.271 e. The van der Waals surface area contributed by atoms with Crippen molar-refractivity contribution in [3.05, 3.63) is 17.4 Å². The maximum atomic E-state index is 8.77. The summed E-state index contributed by atoms with van der Waals surface area (Å²) >= 11 is 5.65. The van der Waals surface area contributed by atoms with Gasteiger partial charge in [-0.3, -0.25) is 4.68 Å². The average molecular weight is 198 g/mol. The van der Waals surface area contributed by atoms with Crippen LogP contribution in [0.15, 0.2) is 12.3 Å². The fourth-order valence-electron chi connectivity index (χ4n) is 0.911. The first-order valence-electron chi connectivity index (χ1n) is 4.14. The molecule has 1 rings (SSSR count). The highest BCUT2D eigenvalue weighted by Gasteiger charge is 2.16. The third-order valence-corrected chi connectivity index (χ3v) is 2.08. The van der Waals surface area contributed by atoms with E-state index in [9.17, 15) is 0 Å².